The summed E-state index contributed by atoms with van der Waals surface area (Å²) in [5.74, 6) is 6.11. The Labute approximate surface area is 68.3 Å². The average molecular weight is 152 g/mol. The minimum absolute atomic E-state index is 0.336. The molecule has 1 radical (unpaired) electrons. The molecule has 0 aromatic rings. The van der Waals surface area contributed by atoms with Crippen LogP contribution < -0.4 is 5.32 Å². The highest BCUT2D eigenvalue weighted by molar-refractivity contribution is 5.00. The van der Waals surface area contributed by atoms with E-state index in [-0.39, 0.29) is 0 Å². The molecule has 0 aromatic heterocycles. The van der Waals surface area contributed by atoms with Gasteiger partial charge in [-0.2, -0.15) is 0 Å². The Kier molecular flexibility index (Phi) is 4.03. The molecule has 61 valence electrons. The SMILES string of the molecule is CCC#CCC1COCC[N]1. The molecule has 1 unspecified atom stereocenters. The fourth-order valence-electron chi connectivity index (χ4n) is 1.01. The van der Waals surface area contributed by atoms with E-state index in [1.807, 2.05) is 0 Å². The van der Waals surface area contributed by atoms with Crippen LogP contribution in [0.1, 0.15) is 19.8 Å². The highest BCUT2D eigenvalue weighted by Crippen LogP contribution is 1.98. The summed E-state index contributed by atoms with van der Waals surface area (Å²) in [7, 11) is 0. The molecule has 0 bridgehead atoms. The van der Waals surface area contributed by atoms with Crippen LogP contribution in [0.2, 0.25) is 0 Å². The summed E-state index contributed by atoms with van der Waals surface area (Å²) < 4.78 is 5.25. The Bertz CT molecular complexity index is 151. The largest absolute Gasteiger partial charge is 0.378 e. The van der Waals surface area contributed by atoms with Gasteiger partial charge in [0.2, 0.25) is 0 Å². The van der Waals surface area contributed by atoms with Crippen molar-refractivity contribution in [2.75, 3.05) is 19.8 Å². The van der Waals surface area contributed by atoms with E-state index in [1.54, 1.807) is 0 Å². The zero-order valence-corrected chi connectivity index (χ0v) is 6.97. The van der Waals surface area contributed by atoms with Crippen molar-refractivity contribution < 1.29 is 4.74 Å². The summed E-state index contributed by atoms with van der Waals surface area (Å²) in [6.45, 7) is 4.45. The minimum Gasteiger partial charge on any atom is -0.378 e. The first-order valence-electron chi connectivity index (χ1n) is 4.13. The minimum atomic E-state index is 0.336. The molecule has 1 rings (SSSR count). The van der Waals surface area contributed by atoms with Gasteiger partial charge < -0.3 is 4.74 Å². The first kappa shape index (κ1) is 8.58. The molecule has 0 saturated carbocycles. The lowest BCUT2D eigenvalue weighted by atomic mass is 10.2. The lowest BCUT2D eigenvalue weighted by molar-refractivity contribution is 0.0761. The Morgan fingerprint density at radius 2 is 2.45 bits per heavy atom. The van der Waals surface area contributed by atoms with Gasteiger partial charge in [-0.05, 0) is 0 Å². The second kappa shape index (κ2) is 5.17. The zero-order chi connectivity index (χ0) is 7.94. The molecule has 1 aliphatic heterocycles. The second-order valence-corrected chi connectivity index (χ2v) is 2.55. The van der Waals surface area contributed by atoms with Crippen LogP contribution in [0.15, 0.2) is 0 Å². The number of rotatable bonds is 1. The monoisotopic (exact) mass is 152 g/mol. The van der Waals surface area contributed by atoms with Gasteiger partial charge >= 0.3 is 0 Å². The number of nitrogens with zero attached hydrogens (tertiary/aromatic N) is 1. The van der Waals surface area contributed by atoms with Crippen molar-refractivity contribution in [2.24, 2.45) is 0 Å². The third-order valence-corrected chi connectivity index (χ3v) is 1.57. The number of hydrogen-bond acceptors (Lipinski definition) is 1. The van der Waals surface area contributed by atoms with Gasteiger partial charge in [0.25, 0.3) is 0 Å². The third-order valence-electron chi connectivity index (χ3n) is 1.57. The van der Waals surface area contributed by atoms with Gasteiger partial charge in [-0.3, -0.25) is 0 Å². The average Bonchev–Trinajstić information content (AvgIpc) is 2.07. The molecule has 1 aliphatic rings. The molecule has 0 amide bonds. The van der Waals surface area contributed by atoms with Crippen molar-refractivity contribution in [3.8, 4) is 11.8 Å². The Morgan fingerprint density at radius 1 is 1.55 bits per heavy atom. The fraction of sp³-hybridized carbons (Fsp3) is 0.778. The van der Waals surface area contributed by atoms with Crippen molar-refractivity contribution in [1.82, 2.24) is 5.32 Å². The number of hydrogen-bond donors (Lipinski definition) is 0. The van der Waals surface area contributed by atoms with Gasteiger partial charge in [0, 0.05) is 19.4 Å². The highest BCUT2D eigenvalue weighted by Gasteiger charge is 2.11. The van der Waals surface area contributed by atoms with E-state index in [2.05, 4.69) is 24.1 Å². The van der Waals surface area contributed by atoms with Crippen LogP contribution in [0.3, 0.4) is 0 Å². The van der Waals surface area contributed by atoms with Crippen LogP contribution in [0.4, 0.5) is 0 Å². The van der Waals surface area contributed by atoms with Gasteiger partial charge in [-0.15, -0.1) is 11.8 Å². The maximum Gasteiger partial charge on any atom is 0.0645 e. The van der Waals surface area contributed by atoms with Crippen molar-refractivity contribution >= 4 is 0 Å². The van der Waals surface area contributed by atoms with E-state index in [4.69, 9.17) is 4.74 Å². The summed E-state index contributed by atoms with van der Waals surface area (Å²) in [6.07, 6.45) is 1.81. The molecule has 1 heterocycles. The van der Waals surface area contributed by atoms with Crippen molar-refractivity contribution in [3.63, 3.8) is 0 Å². The molecule has 1 saturated heterocycles. The first-order chi connectivity index (χ1) is 5.43. The van der Waals surface area contributed by atoms with Gasteiger partial charge in [0.05, 0.1) is 19.3 Å². The summed E-state index contributed by atoms with van der Waals surface area (Å²) in [5.41, 5.74) is 0. The molecular formula is C9H14NO. The first-order valence-corrected chi connectivity index (χ1v) is 4.13. The van der Waals surface area contributed by atoms with Crippen LogP contribution >= 0.6 is 0 Å². The molecule has 1 fully saturated rings. The molecule has 1 atom stereocenters. The van der Waals surface area contributed by atoms with Crippen molar-refractivity contribution in [1.29, 1.82) is 0 Å². The predicted molar refractivity (Wildman–Crippen MR) is 44.3 cm³/mol. The maximum absolute atomic E-state index is 5.25. The summed E-state index contributed by atoms with van der Waals surface area (Å²) in [6, 6.07) is 0.336. The molecular weight excluding hydrogens is 138 g/mol. The molecule has 0 N–H and O–H groups in total. The lowest BCUT2D eigenvalue weighted by Gasteiger charge is -2.19. The van der Waals surface area contributed by atoms with Gasteiger partial charge in [-0.25, -0.2) is 5.32 Å². The highest BCUT2D eigenvalue weighted by atomic mass is 16.5. The summed E-state index contributed by atoms with van der Waals surface area (Å²) >= 11 is 0. The van der Waals surface area contributed by atoms with Crippen LogP contribution in [0.5, 0.6) is 0 Å². The van der Waals surface area contributed by atoms with Gasteiger partial charge in [-0.1, -0.05) is 6.92 Å². The van der Waals surface area contributed by atoms with E-state index in [0.29, 0.717) is 6.04 Å². The van der Waals surface area contributed by atoms with Crippen molar-refractivity contribution in [2.45, 2.75) is 25.8 Å². The van der Waals surface area contributed by atoms with Gasteiger partial charge in [0.15, 0.2) is 0 Å². The summed E-state index contributed by atoms with van der Waals surface area (Å²) in [4.78, 5) is 0. The molecule has 0 spiro atoms. The Morgan fingerprint density at radius 3 is 3.09 bits per heavy atom. The predicted octanol–water partition coefficient (Wildman–Crippen LogP) is 0.793. The Balaban J connectivity index is 2.14. The summed E-state index contributed by atoms with van der Waals surface area (Å²) in [5, 5.41) is 4.37. The molecule has 11 heavy (non-hydrogen) atoms. The topological polar surface area (TPSA) is 23.3 Å². The normalized spacial score (nSPS) is 23.9. The van der Waals surface area contributed by atoms with Crippen LogP contribution in [-0.2, 0) is 4.74 Å². The lowest BCUT2D eigenvalue weighted by Crippen LogP contribution is -2.35. The van der Waals surface area contributed by atoms with Gasteiger partial charge in [0.1, 0.15) is 0 Å². The van der Waals surface area contributed by atoms with E-state index in [0.717, 1.165) is 32.6 Å². The Hall–Kier alpha value is -0.520. The van der Waals surface area contributed by atoms with Crippen LogP contribution in [0.25, 0.3) is 0 Å². The van der Waals surface area contributed by atoms with E-state index >= 15 is 0 Å². The smallest absolute Gasteiger partial charge is 0.0645 e. The van der Waals surface area contributed by atoms with Crippen molar-refractivity contribution in [3.05, 3.63) is 0 Å². The van der Waals surface area contributed by atoms with E-state index in [1.165, 1.54) is 0 Å². The molecule has 0 aromatic carbocycles. The van der Waals surface area contributed by atoms with Crippen LogP contribution in [0, 0.1) is 11.8 Å². The second-order valence-electron chi connectivity index (χ2n) is 2.55. The van der Waals surface area contributed by atoms with E-state index < -0.39 is 0 Å². The van der Waals surface area contributed by atoms with E-state index in [9.17, 15) is 0 Å². The molecule has 2 heteroatoms. The zero-order valence-electron chi connectivity index (χ0n) is 6.97. The number of ether oxygens (including phenoxy) is 1. The standard InChI is InChI=1S/C9H14NO/c1-2-3-4-5-9-8-11-7-6-10-9/h9H,2,5-8H2,1H3. The fourth-order valence-corrected chi connectivity index (χ4v) is 1.01. The number of morpholine rings is 1. The third kappa shape index (κ3) is 3.41. The quantitative estimate of drug-likeness (QED) is 0.509. The maximum atomic E-state index is 5.25. The molecule has 2 nitrogen and oxygen atoms in total. The molecule has 0 aliphatic carbocycles. The van der Waals surface area contributed by atoms with Crippen LogP contribution in [-0.4, -0.2) is 25.8 Å².